The summed E-state index contributed by atoms with van der Waals surface area (Å²) in [5.41, 5.74) is 2.37. The second kappa shape index (κ2) is 10.6. The van der Waals surface area contributed by atoms with Gasteiger partial charge in [0.1, 0.15) is 5.75 Å². The molecule has 6 nitrogen and oxygen atoms in total. The van der Waals surface area contributed by atoms with Crippen LogP contribution in [0.1, 0.15) is 61.7 Å². The third-order valence-electron chi connectivity index (χ3n) is 6.61. The first-order chi connectivity index (χ1) is 15.3. The molecule has 2 atom stereocenters. The van der Waals surface area contributed by atoms with Crippen molar-refractivity contribution in [1.29, 1.82) is 0 Å². The highest BCUT2D eigenvalue weighted by Crippen LogP contribution is 2.31. The Balaban J connectivity index is 1.49. The summed E-state index contributed by atoms with van der Waals surface area (Å²) in [5, 5.41) is 3.28. The minimum Gasteiger partial charge on any atom is -0.497 e. The number of rotatable bonds is 6. The topological polar surface area (TPSA) is 57.7 Å². The SMILES string of the molecule is COc1cccc(C(CNC(=O)N2CCCCCC2c2ccncc2)N2CCCC2)c1. The molecule has 0 radical (unpaired) electrons. The molecule has 2 aliphatic heterocycles. The number of hydrogen-bond donors (Lipinski definition) is 1. The Kier molecular flexibility index (Phi) is 7.41. The van der Waals surface area contributed by atoms with Crippen LogP contribution in [0.25, 0.3) is 0 Å². The predicted molar refractivity (Wildman–Crippen MR) is 122 cm³/mol. The molecule has 0 spiro atoms. The van der Waals surface area contributed by atoms with Gasteiger partial charge in [0, 0.05) is 25.5 Å². The van der Waals surface area contributed by atoms with Gasteiger partial charge in [-0.1, -0.05) is 25.0 Å². The quantitative estimate of drug-likeness (QED) is 0.742. The predicted octanol–water partition coefficient (Wildman–Crippen LogP) is 4.55. The van der Waals surface area contributed by atoms with E-state index in [9.17, 15) is 4.79 Å². The maximum atomic E-state index is 13.4. The molecule has 1 N–H and O–H groups in total. The molecule has 2 fully saturated rings. The van der Waals surface area contributed by atoms with Crippen molar-refractivity contribution in [3.63, 3.8) is 0 Å². The van der Waals surface area contributed by atoms with E-state index in [4.69, 9.17) is 4.74 Å². The van der Waals surface area contributed by atoms with Gasteiger partial charge < -0.3 is 15.0 Å². The van der Waals surface area contributed by atoms with Crippen LogP contribution in [-0.2, 0) is 0 Å². The Morgan fingerprint density at radius 2 is 1.87 bits per heavy atom. The first-order valence-electron chi connectivity index (χ1n) is 11.6. The number of amides is 2. The monoisotopic (exact) mass is 422 g/mol. The number of ether oxygens (including phenoxy) is 1. The molecular formula is C25H34N4O2. The maximum absolute atomic E-state index is 13.4. The highest BCUT2D eigenvalue weighted by Gasteiger charge is 2.29. The normalized spacial score (nSPS) is 20.8. The highest BCUT2D eigenvalue weighted by atomic mass is 16.5. The molecule has 166 valence electrons. The Morgan fingerprint density at radius 1 is 1.10 bits per heavy atom. The van der Waals surface area contributed by atoms with Gasteiger partial charge in [0.2, 0.25) is 0 Å². The van der Waals surface area contributed by atoms with Gasteiger partial charge in [-0.2, -0.15) is 0 Å². The number of hydrogen-bond acceptors (Lipinski definition) is 4. The van der Waals surface area contributed by atoms with Gasteiger partial charge in [0.15, 0.2) is 0 Å². The van der Waals surface area contributed by atoms with E-state index in [0.29, 0.717) is 6.54 Å². The van der Waals surface area contributed by atoms with Crippen LogP contribution in [0.5, 0.6) is 5.75 Å². The van der Waals surface area contributed by atoms with Crippen molar-refractivity contribution in [3.8, 4) is 5.75 Å². The lowest BCUT2D eigenvalue weighted by Gasteiger charge is -2.33. The number of urea groups is 1. The third kappa shape index (κ3) is 5.37. The minimum atomic E-state index is 0.0378. The molecule has 2 saturated heterocycles. The van der Waals surface area contributed by atoms with E-state index in [0.717, 1.165) is 44.6 Å². The van der Waals surface area contributed by atoms with Gasteiger partial charge >= 0.3 is 6.03 Å². The average Bonchev–Trinajstić information content (AvgIpc) is 3.23. The Morgan fingerprint density at radius 3 is 2.65 bits per heavy atom. The smallest absolute Gasteiger partial charge is 0.317 e. The standard InChI is InChI=1S/C25H34N4O2/c1-31-22-9-7-8-21(18-22)24(28-15-5-6-16-28)19-27-25(30)29-17-4-2-3-10-23(29)20-11-13-26-14-12-20/h7-9,11-14,18,23-24H,2-6,10,15-17,19H2,1H3,(H,27,30). The van der Waals surface area contributed by atoms with Gasteiger partial charge in [-0.05, 0) is 74.2 Å². The molecule has 31 heavy (non-hydrogen) atoms. The molecule has 2 unspecified atom stereocenters. The van der Waals surface area contributed by atoms with Crippen LogP contribution in [-0.4, -0.2) is 54.1 Å². The van der Waals surface area contributed by atoms with Crippen LogP contribution < -0.4 is 10.1 Å². The molecule has 0 aliphatic carbocycles. The Labute approximate surface area is 185 Å². The number of pyridine rings is 1. The van der Waals surface area contributed by atoms with Gasteiger partial charge in [-0.15, -0.1) is 0 Å². The van der Waals surface area contributed by atoms with Crippen LogP contribution in [0.2, 0.25) is 0 Å². The zero-order valence-corrected chi connectivity index (χ0v) is 18.5. The second-order valence-corrected chi connectivity index (χ2v) is 8.56. The molecule has 6 heteroatoms. The molecule has 0 saturated carbocycles. The summed E-state index contributed by atoms with van der Waals surface area (Å²) >= 11 is 0. The number of benzene rings is 1. The van der Waals surface area contributed by atoms with E-state index in [1.807, 2.05) is 41.6 Å². The number of nitrogens with one attached hydrogen (secondary N) is 1. The van der Waals surface area contributed by atoms with E-state index in [1.165, 1.54) is 30.4 Å². The van der Waals surface area contributed by atoms with Crippen LogP contribution >= 0.6 is 0 Å². The van der Waals surface area contributed by atoms with E-state index in [1.54, 1.807) is 7.11 Å². The highest BCUT2D eigenvalue weighted by molar-refractivity contribution is 5.75. The number of methoxy groups -OCH3 is 1. The maximum Gasteiger partial charge on any atom is 0.317 e. The molecular weight excluding hydrogens is 388 g/mol. The molecule has 2 aromatic rings. The van der Waals surface area contributed by atoms with Gasteiger partial charge in [-0.25, -0.2) is 4.79 Å². The number of carbonyl (C=O) groups excluding carboxylic acids is 1. The second-order valence-electron chi connectivity index (χ2n) is 8.56. The Hall–Kier alpha value is -2.60. The van der Waals surface area contributed by atoms with E-state index in [2.05, 4.69) is 27.3 Å². The molecule has 1 aromatic carbocycles. The molecule has 0 bridgehead atoms. The van der Waals surface area contributed by atoms with Crippen molar-refractivity contribution in [3.05, 3.63) is 59.9 Å². The van der Waals surface area contributed by atoms with Crippen molar-refractivity contribution >= 4 is 6.03 Å². The molecule has 4 rings (SSSR count). The molecule has 1 aromatic heterocycles. The first-order valence-corrected chi connectivity index (χ1v) is 11.6. The summed E-state index contributed by atoms with van der Waals surface area (Å²) in [4.78, 5) is 22.0. The van der Waals surface area contributed by atoms with Crippen molar-refractivity contribution in [2.75, 3.05) is 33.3 Å². The third-order valence-corrected chi connectivity index (χ3v) is 6.61. The molecule has 2 amide bonds. The number of nitrogens with zero attached hydrogens (tertiary/aromatic N) is 3. The summed E-state index contributed by atoms with van der Waals surface area (Å²) in [7, 11) is 1.70. The van der Waals surface area contributed by atoms with Crippen LogP contribution in [0.15, 0.2) is 48.8 Å². The van der Waals surface area contributed by atoms with Gasteiger partial charge in [0.25, 0.3) is 0 Å². The minimum absolute atomic E-state index is 0.0378. The van der Waals surface area contributed by atoms with Gasteiger partial charge in [0.05, 0.1) is 19.2 Å². The lowest BCUT2D eigenvalue weighted by molar-refractivity contribution is 0.168. The zero-order valence-electron chi connectivity index (χ0n) is 18.5. The lowest BCUT2D eigenvalue weighted by atomic mass is 10.0. The number of carbonyl (C=O) groups is 1. The largest absolute Gasteiger partial charge is 0.497 e. The number of aromatic nitrogens is 1. The lowest BCUT2D eigenvalue weighted by Crippen LogP contribution is -2.45. The summed E-state index contributed by atoms with van der Waals surface area (Å²) in [6.45, 7) is 3.54. The van der Waals surface area contributed by atoms with E-state index in [-0.39, 0.29) is 18.1 Å². The average molecular weight is 423 g/mol. The molecule has 3 heterocycles. The summed E-state index contributed by atoms with van der Waals surface area (Å²) in [5.74, 6) is 0.860. The Bertz CT molecular complexity index is 838. The van der Waals surface area contributed by atoms with Crippen LogP contribution in [0.3, 0.4) is 0 Å². The fraction of sp³-hybridized carbons (Fsp3) is 0.520. The fourth-order valence-electron chi connectivity index (χ4n) is 4.93. The van der Waals surface area contributed by atoms with Crippen LogP contribution in [0, 0.1) is 0 Å². The van der Waals surface area contributed by atoms with Crippen molar-refractivity contribution in [2.45, 2.75) is 50.6 Å². The van der Waals surface area contributed by atoms with Crippen LogP contribution in [0.4, 0.5) is 4.79 Å². The number of likely N-dealkylation sites (tertiary alicyclic amines) is 2. The van der Waals surface area contributed by atoms with E-state index >= 15 is 0 Å². The summed E-state index contributed by atoms with van der Waals surface area (Å²) < 4.78 is 5.45. The van der Waals surface area contributed by atoms with Crippen molar-refractivity contribution < 1.29 is 9.53 Å². The first kappa shape index (κ1) is 21.6. The summed E-state index contributed by atoms with van der Waals surface area (Å²) in [6.07, 6.45) is 10.5. The zero-order chi connectivity index (χ0) is 21.5. The van der Waals surface area contributed by atoms with E-state index < -0.39 is 0 Å². The van der Waals surface area contributed by atoms with Crippen molar-refractivity contribution in [1.82, 2.24) is 20.1 Å². The fourth-order valence-corrected chi connectivity index (χ4v) is 4.93. The van der Waals surface area contributed by atoms with Gasteiger partial charge in [-0.3, -0.25) is 9.88 Å². The molecule has 2 aliphatic rings. The van der Waals surface area contributed by atoms with Crippen molar-refractivity contribution in [2.24, 2.45) is 0 Å². The summed E-state index contributed by atoms with van der Waals surface area (Å²) in [6, 6.07) is 12.6.